The topological polar surface area (TPSA) is 68.7 Å². The Hall–Kier alpha value is -2.11. The number of esters is 2. The van der Waals surface area contributed by atoms with Gasteiger partial charge in [-0.3, -0.25) is 4.79 Å². The van der Waals surface area contributed by atoms with Crippen molar-refractivity contribution in [1.29, 1.82) is 0 Å². The van der Waals surface area contributed by atoms with Crippen molar-refractivity contribution in [2.24, 2.45) is 0 Å². The number of carbonyl (C=O) groups excluding carboxylic acids is 2. The highest BCUT2D eigenvalue weighted by Crippen LogP contribution is 2.15. The first-order valence-electron chi connectivity index (χ1n) is 5.91. The lowest BCUT2D eigenvalue weighted by Gasteiger charge is -2.21. The van der Waals surface area contributed by atoms with Crippen LogP contribution in [0.3, 0.4) is 0 Å². The van der Waals surface area contributed by atoms with Gasteiger partial charge in [0.25, 0.3) is 0 Å². The molecule has 0 aliphatic rings. The SMILES string of the molecule is CCN(CC(=O)OC)c1ccc(C(=O)OC)c(C)n1. The lowest BCUT2D eigenvalue weighted by atomic mass is 10.2. The monoisotopic (exact) mass is 266 g/mol. The van der Waals surface area contributed by atoms with Gasteiger partial charge in [0.05, 0.1) is 25.5 Å². The van der Waals surface area contributed by atoms with E-state index in [1.807, 2.05) is 6.92 Å². The van der Waals surface area contributed by atoms with Gasteiger partial charge in [0.15, 0.2) is 0 Å². The van der Waals surface area contributed by atoms with Gasteiger partial charge in [-0.15, -0.1) is 0 Å². The fraction of sp³-hybridized carbons (Fsp3) is 0.462. The van der Waals surface area contributed by atoms with E-state index in [0.717, 1.165) is 0 Å². The van der Waals surface area contributed by atoms with E-state index in [9.17, 15) is 9.59 Å². The van der Waals surface area contributed by atoms with E-state index in [4.69, 9.17) is 0 Å². The van der Waals surface area contributed by atoms with E-state index < -0.39 is 5.97 Å². The molecule has 1 heterocycles. The number of ether oxygens (including phenoxy) is 2. The Bertz CT molecular complexity index is 474. The molecule has 6 heteroatoms. The fourth-order valence-electron chi connectivity index (χ4n) is 1.62. The van der Waals surface area contributed by atoms with Crippen molar-refractivity contribution >= 4 is 17.8 Å². The van der Waals surface area contributed by atoms with Crippen LogP contribution in [0, 0.1) is 6.92 Å². The lowest BCUT2D eigenvalue weighted by Crippen LogP contribution is -2.31. The number of nitrogens with zero attached hydrogens (tertiary/aromatic N) is 2. The predicted octanol–water partition coefficient (Wildman–Crippen LogP) is 1.18. The summed E-state index contributed by atoms with van der Waals surface area (Å²) >= 11 is 0. The van der Waals surface area contributed by atoms with Crippen LogP contribution in [0.2, 0.25) is 0 Å². The molecule has 0 aliphatic heterocycles. The molecule has 0 fully saturated rings. The molecule has 1 aromatic rings. The molecule has 0 bridgehead atoms. The van der Waals surface area contributed by atoms with Crippen LogP contribution in [0.15, 0.2) is 12.1 Å². The van der Waals surface area contributed by atoms with Crippen LogP contribution in [0.25, 0.3) is 0 Å². The summed E-state index contributed by atoms with van der Waals surface area (Å²) in [6.45, 7) is 4.37. The molecule has 1 rings (SSSR count). The van der Waals surface area contributed by atoms with Gasteiger partial charge in [0.2, 0.25) is 0 Å². The van der Waals surface area contributed by atoms with Crippen LogP contribution in [0.1, 0.15) is 23.0 Å². The standard InChI is InChI=1S/C13H18N2O4/c1-5-15(8-12(16)18-3)11-7-6-10(9(2)14-11)13(17)19-4/h6-7H,5,8H2,1-4H3. The van der Waals surface area contributed by atoms with Crippen molar-refractivity contribution in [2.45, 2.75) is 13.8 Å². The molecule has 19 heavy (non-hydrogen) atoms. The van der Waals surface area contributed by atoms with E-state index in [2.05, 4.69) is 14.5 Å². The molecule has 1 aromatic heterocycles. The summed E-state index contributed by atoms with van der Waals surface area (Å²) in [5.41, 5.74) is 0.980. The summed E-state index contributed by atoms with van der Waals surface area (Å²) in [5, 5.41) is 0. The Morgan fingerprint density at radius 3 is 2.42 bits per heavy atom. The molecule has 0 spiro atoms. The average molecular weight is 266 g/mol. The molecule has 0 N–H and O–H groups in total. The minimum Gasteiger partial charge on any atom is -0.468 e. The number of aromatic nitrogens is 1. The van der Waals surface area contributed by atoms with Crippen molar-refractivity contribution in [3.05, 3.63) is 23.4 Å². The predicted molar refractivity (Wildman–Crippen MR) is 70.2 cm³/mol. The van der Waals surface area contributed by atoms with Crippen molar-refractivity contribution < 1.29 is 19.1 Å². The largest absolute Gasteiger partial charge is 0.468 e. The van der Waals surface area contributed by atoms with Gasteiger partial charge in [-0.2, -0.15) is 0 Å². The second-order valence-electron chi connectivity index (χ2n) is 3.88. The van der Waals surface area contributed by atoms with Crippen molar-refractivity contribution in [1.82, 2.24) is 4.98 Å². The van der Waals surface area contributed by atoms with Crippen LogP contribution >= 0.6 is 0 Å². The molecule has 0 radical (unpaired) electrons. The van der Waals surface area contributed by atoms with Gasteiger partial charge >= 0.3 is 11.9 Å². The van der Waals surface area contributed by atoms with Gasteiger partial charge in [0.1, 0.15) is 12.4 Å². The lowest BCUT2D eigenvalue weighted by molar-refractivity contribution is -0.138. The van der Waals surface area contributed by atoms with E-state index in [1.165, 1.54) is 14.2 Å². The van der Waals surface area contributed by atoms with Crippen molar-refractivity contribution in [3.63, 3.8) is 0 Å². The number of anilines is 1. The quantitative estimate of drug-likeness (QED) is 0.745. The smallest absolute Gasteiger partial charge is 0.339 e. The van der Waals surface area contributed by atoms with Crippen molar-refractivity contribution in [3.8, 4) is 0 Å². The highest BCUT2D eigenvalue weighted by molar-refractivity contribution is 5.90. The summed E-state index contributed by atoms with van der Waals surface area (Å²) in [6, 6.07) is 3.33. The Morgan fingerprint density at radius 1 is 1.26 bits per heavy atom. The molecular weight excluding hydrogens is 248 g/mol. The Kier molecular flexibility index (Phi) is 5.29. The van der Waals surface area contributed by atoms with E-state index in [1.54, 1.807) is 24.0 Å². The summed E-state index contributed by atoms with van der Waals surface area (Å²) in [4.78, 5) is 28.8. The normalized spacial score (nSPS) is 9.89. The average Bonchev–Trinajstić information content (AvgIpc) is 2.43. The molecule has 0 saturated heterocycles. The third-order valence-corrected chi connectivity index (χ3v) is 2.73. The van der Waals surface area contributed by atoms with Gasteiger partial charge in [-0.05, 0) is 26.0 Å². The van der Waals surface area contributed by atoms with Gasteiger partial charge in [-0.25, -0.2) is 9.78 Å². The zero-order valence-corrected chi connectivity index (χ0v) is 11.6. The molecule has 6 nitrogen and oxygen atoms in total. The maximum absolute atomic E-state index is 11.5. The number of likely N-dealkylation sites (N-methyl/N-ethyl adjacent to an activating group) is 1. The summed E-state index contributed by atoms with van der Waals surface area (Å²) in [5.74, 6) is -0.135. The summed E-state index contributed by atoms with van der Waals surface area (Å²) in [6.07, 6.45) is 0. The van der Waals surface area contributed by atoms with E-state index in [-0.39, 0.29) is 12.5 Å². The maximum Gasteiger partial charge on any atom is 0.339 e. The van der Waals surface area contributed by atoms with Crippen LogP contribution in [0.5, 0.6) is 0 Å². The number of methoxy groups -OCH3 is 2. The number of hydrogen-bond donors (Lipinski definition) is 0. The summed E-state index contributed by atoms with van der Waals surface area (Å²) < 4.78 is 9.29. The fourth-order valence-corrected chi connectivity index (χ4v) is 1.62. The zero-order valence-electron chi connectivity index (χ0n) is 11.6. The second kappa shape index (κ2) is 6.72. The van der Waals surface area contributed by atoms with Crippen LogP contribution < -0.4 is 4.90 Å². The molecule has 0 saturated carbocycles. The first-order chi connectivity index (χ1) is 9.03. The molecule has 104 valence electrons. The Morgan fingerprint density at radius 2 is 1.95 bits per heavy atom. The number of rotatable bonds is 5. The number of hydrogen-bond acceptors (Lipinski definition) is 6. The third kappa shape index (κ3) is 3.67. The molecule has 0 aromatic carbocycles. The Balaban J connectivity index is 2.97. The van der Waals surface area contributed by atoms with Crippen molar-refractivity contribution in [2.75, 3.05) is 32.2 Å². The maximum atomic E-state index is 11.5. The number of aryl methyl sites for hydroxylation is 1. The molecule has 0 amide bonds. The highest BCUT2D eigenvalue weighted by atomic mass is 16.5. The third-order valence-electron chi connectivity index (χ3n) is 2.73. The first-order valence-corrected chi connectivity index (χ1v) is 5.91. The molecule has 0 aliphatic carbocycles. The molecule has 0 unspecified atom stereocenters. The van der Waals surface area contributed by atoms with E-state index >= 15 is 0 Å². The number of carbonyl (C=O) groups is 2. The van der Waals surface area contributed by atoms with Gasteiger partial charge in [-0.1, -0.05) is 0 Å². The second-order valence-corrected chi connectivity index (χ2v) is 3.88. The van der Waals surface area contributed by atoms with Crippen LogP contribution in [0.4, 0.5) is 5.82 Å². The Labute approximate surface area is 112 Å². The minimum absolute atomic E-state index is 0.122. The minimum atomic E-state index is -0.424. The first kappa shape index (κ1) is 14.9. The van der Waals surface area contributed by atoms with Crippen LogP contribution in [-0.2, 0) is 14.3 Å². The van der Waals surface area contributed by atoms with Crippen LogP contribution in [-0.4, -0.2) is 44.2 Å². The highest BCUT2D eigenvalue weighted by Gasteiger charge is 2.15. The number of pyridine rings is 1. The van der Waals surface area contributed by atoms with Gasteiger partial charge in [0, 0.05) is 6.54 Å². The summed E-state index contributed by atoms with van der Waals surface area (Å²) in [7, 11) is 2.67. The zero-order chi connectivity index (χ0) is 14.4. The van der Waals surface area contributed by atoms with E-state index in [0.29, 0.717) is 23.6 Å². The molecule has 0 atom stereocenters. The van der Waals surface area contributed by atoms with Gasteiger partial charge < -0.3 is 14.4 Å². The molecular formula is C13H18N2O4.